The van der Waals surface area contributed by atoms with Crippen LogP contribution in [0.1, 0.15) is 45.0 Å². The molecular weight excluding hydrogens is 242 g/mol. The molecule has 0 aliphatic rings. The van der Waals surface area contributed by atoms with Crippen LogP contribution in [0.2, 0.25) is 0 Å². The molecule has 0 aromatic heterocycles. The third-order valence-electron chi connectivity index (χ3n) is 4.18. The first-order valence-electron chi connectivity index (χ1n) is 7.28. The molecule has 1 nitrogen and oxygen atoms in total. The van der Waals surface area contributed by atoms with E-state index in [1.165, 1.54) is 38.9 Å². The molecule has 0 radical (unpaired) electrons. The van der Waals surface area contributed by atoms with E-state index in [4.69, 9.17) is 5.73 Å². The summed E-state index contributed by atoms with van der Waals surface area (Å²) in [5, 5.41) is 0. The Hall–Kier alpha value is -1.60. The summed E-state index contributed by atoms with van der Waals surface area (Å²) in [5.41, 5.74) is 15.8. The van der Waals surface area contributed by atoms with Crippen LogP contribution in [0.25, 0.3) is 0 Å². The summed E-state index contributed by atoms with van der Waals surface area (Å²) < 4.78 is 0. The van der Waals surface area contributed by atoms with E-state index >= 15 is 0 Å². The van der Waals surface area contributed by atoms with E-state index in [1.54, 1.807) is 0 Å². The molecule has 0 amide bonds. The molecule has 1 unspecified atom stereocenters. The Labute approximate surface area is 122 Å². The summed E-state index contributed by atoms with van der Waals surface area (Å²) in [6, 6.07) is 11.0. The molecule has 0 saturated heterocycles. The first kappa shape index (κ1) is 14.8. The highest BCUT2D eigenvalue weighted by atomic mass is 14.6. The minimum absolute atomic E-state index is 0.0652. The minimum atomic E-state index is 0.0652. The van der Waals surface area contributed by atoms with Crippen molar-refractivity contribution in [1.82, 2.24) is 0 Å². The Morgan fingerprint density at radius 1 is 0.850 bits per heavy atom. The van der Waals surface area contributed by atoms with Gasteiger partial charge >= 0.3 is 0 Å². The van der Waals surface area contributed by atoms with Crippen LogP contribution in [0.4, 0.5) is 0 Å². The average Bonchev–Trinajstić information content (AvgIpc) is 2.32. The summed E-state index contributed by atoms with van der Waals surface area (Å²) in [7, 11) is 0. The van der Waals surface area contributed by atoms with E-state index in [0.29, 0.717) is 0 Å². The van der Waals surface area contributed by atoms with Crippen LogP contribution in [-0.4, -0.2) is 0 Å². The van der Waals surface area contributed by atoms with E-state index in [9.17, 15) is 0 Å². The van der Waals surface area contributed by atoms with Crippen LogP contribution in [0.3, 0.4) is 0 Å². The van der Waals surface area contributed by atoms with Gasteiger partial charge in [-0.25, -0.2) is 0 Å². The van der Waals surface area contributed by atoms with Crippen molar-refractivity contribution in [3.05, 3.63) is 69.3 Å². The number of hydrogen-bond acceptors (Lipinski definition) is 1. The number of rotatable bonds is 3. The SMILES string of the molecule is Cc1cc(C)c(C(N)Cc2c(C)cccc2C)c(C)c1. The van der Waals surface area contributed by atoms with Crippen molar-refractivity contribution in [2.45, 2.75) is 47.1 Å². The molecule has 0 aliphatic carbocycles. The van der Waals surface area contributed by atoms with Crippen LogP contribution in [0.5, 0.6) is 0 Å². The Bertz CT molecular complexity index is 582. The van der Waals surface area contributed by atoms with E-state index in [-0.39, 0.29) is 6.04 Å². The quantitative estimate of drug-likeness (QED) is 0.872. The van der Waals surface area contributed by atoms with Crippen molar-refractivity contribution in [3.8, 4) is 0 Å². The highest BCUT2D eigenvalue weighted by molar-refractivity contribution is 5.42. The largest absolute Gasteiger partial charge is 0.324 e. The molecular formula is C19H25N. The van der Waals surface area contributed by atoms with Gasteiger partial charge in [0.25, 0.3) is 0 Å². The lowest BCUT2D eigenvalue weighted by molar-refractivity contribution is 0.705. The van der Waals surface area contributed by atoms with Crippen molar-refractivity contribution in [2.75, 3.05) is 0 Å². The van der Waals surface area contributed by atoms with Crippen LogP contribution in [0.15, 0.2) is 30.3 Å². The third-order valence-corrected chi connectivity index (χ3v) is 4.18. The standard InChI is InChI=1S/C19H25N/c1-12-9-15(4)19(16(5)10-12)18(20)11-17-13(2)7-6-8-14(17)3/h6-10,18H,11,20H2,1-5H3. The molecule has 20 heavy (non-hydrogen) atoms. The highest BCUT2D eigenvalue weighted by Gasteiger charge is 2.15. The zero-order valence-electron chi connectivity index (χ0n) is 13.2. The van der Waals surface area contributed by atoms with Crippen LogP contribution in [0, 0.1) is 34.6 Å². The maximum atomic E-state index is 6.52. The molecule has 0 aliphatic heterocycles. The van der Waals surface area contributed by atoms with Crippen molar-refractivity contribution in [3.63, 3.8) is 0 Å². The van der Waals surface area contributed by atoms with Gasteiger partial charge in [0, 0.05) is 6.04 Å². The molecule has 0 saturated carbocycles. The predicted octanol–water partition coefficient (Wildman–Crippen LogP) is 4.47. The van der Waals surface area contributed by atoms with Crippen LogP contribution < -0.4 is 5.73 Å². The fourth-order valence-corrected chi connectivity index (χ4v) is 3.27. The molecule has 0 spiro atoms. The summed E-state index contributed by atoms with van der Waals surface area (Å²) in [6.07, 6.45) is 0.906. The number of benzene rings is 2. The van der Waals surface area contributed by atoms with Crippen molar-refractivity contribution < 1.29 is 0 Å². The summed E-state index contributed by atoms with van der Waals surface area (Å²) in [4.78, 5) is 0. The smallest absolute Gasteiger partial charge is 0.0341 e. The van der Waals surface area contributed by atoms with Crippen molar-refractivity contribution in [2.24, 2.45) is 5.73 Å². The monoisotopic (exact) mass is 267 g/mol. The summed E-state index contributed by atoms with van der Waals surface area (Å²) >= 11 is 0. The number of hydrogen-bond donors (Lipinski definition) is 1. The number of aryl methyl sites for hydroxylation is 5. The lowest BCUT2D eigenvalue weighted by Gasteiger charge is -2.20. The third kappa shape index (κ3) is 2.94. The molecule has 2 aromatic carbocycles. The van der Waals surface area contributed by atoms with Gasteiger partial charge in [0.05, 0.1) is 0 Å². The molecule has 106 valence electrons. The van der Waals surface area contributed by atoms with Crippen LogP contribution >= 0.6 is 0 Å². The molecule has 1 atom stereocenters. The van der Waals surface area contributed by atoms with Gasteiger partial charge in [-0.05, 0) is 74.4 Å². The second-order valence-corrected chi connectivity index (χ2v) is 5.99. The lowest BCUT2D eigenvalue weighted by Crippen LogP contribution is -2.17. The van der Waals surface area contributed by atoms with E-state index < -0.39 is 0 Å². The normalized spacial score (nSPS) is 12.5. The average molecular weight is 267 g/mol. The van der Waals surface area contributed by atoms with Crippen molar-refractivity contribution >= 4 is 0 Å². The first-order valence-corrected chi connectivity index (χ1v) is 7.28. The van der Waals surface area contributed by atoms with Gasteiger partial charge < -0.3 is 5.73 Å². The van der Waals surface area contributed by atoms with Crippen LogP contribution in [-0.2, 0) is 6.42 Å². The van der Waals surface area contributed by atoms with Gasteiger partial charge in [-0.1, -0.05) is 35.9 Å². The fraction of sp³-hybridized carbons (Fsp3) is 0.368. The second kappa shape index (κ2) is 5.80. The molecule has 0 heterocycles. The van der Waals surface area contributed by atoms with Crippen molar-refractivity contribution in [1.29, 1.82) is 0 Å². The van der Waals surface area contributed by atoms with E-state index in [0.717, 1.165) is 6.42 Å². The summed E-state index contributed by atoms with van der Waals surface area (Å²) in [5.74, 6) is 0. The molecule has 2 rings (SSSR count). The number of nitrogens with two attached hydrogens (primary N) is 1. The molecule has 2 aromatic rings. The van der Waals surface area contributed by atoms with Gasteiger partial charge in [0.15, 0.2) is 0 Å². The Kier molecular flexibility index (Phi) is 4.29. The molecule has 0 bridgehead atoms. The topological polar surface area (TPSA) is 26.0 Å². The highest BCUT2D eigenvalue weighted by Crippen LogP contribution is 2.26. The van der Waals surface area contributed by atoms with E-state index in [2.05, 4.69) is 65.0 Å². The van der Waals surface area contributed by atoms with Gasteiger partial charge in [0.2, 0.25) is 0 Å². The van der Waals surface area contributed by atoms with Gasteiger partial charge in [-0.3, -0.25) is 0 Å². The maximum Gasteiger partial charge on any atom is 0.0341 e. The zero-order chi connectivity index (χ0) is 14.9. The Morgan fingerprint density at radius 2 is 1.35 bits per heavy atom. The minimum Gasteiger partial charge on any atom is -0.324 e. The Balaban J connectivity index is 2.36. The predicted molar refractivity (Wildman–Crippen MR) is 87.2 cm³/mol. The van der Waals surface area contributed by atoms with Gasteiger partial charge in [-0.2, -0.15) is 0 Å². The van der Waals surface area contributed by atoms with E-state index in [1.807, 2.05) is 0 Å². The molecule has 2 N–H and O–H groups in total. The maximum absolute atomic E-state index is 6.52. The Morgan fingerprint density at radius 3 is 1.85 bits per heavy atom. The molecule has 1 heteroatoms. The van der Waals surface area contributed by atoms with Gasteiger partial charge in [0.1, 0.15) is 0 Å². The zero-order valence-corrected chi connectivity index (χ0v) is 13.2. The second-order valence-electron chi connectivity index (χ2n) is 5.99. The molecule has 0 fully saturated rings. The first-order chi connectivity index (χ1) is 9.40. The fourth-order valence-electron chi connectivity index (χ4n) is 3.27. The van der Waals surface area contributed by atoms with Gasteiger partial charge in [-0.15, -0.1) is 0 Å². The lowest BCUT2D eigenvalue weighted by atomic mass is 9.88. The summed E-state index contributed by atoms with van der Waals surface area (Å²) in [6.45, 7) is 10.8.